The third-order valence-electron chi connectivity index (χ3n) is 1.60. The Kier molecular flexibility index (Phi) is 5.17. The molecule has 0 spiro atoms. The maximum Gasteiger partial charge on any atom is 0.195 e. The summed E-state index contributed by atoms with van der Waals surface area (Å²) in [4.78, 5) is 0. The van der Waals surface area contributed by atoms with Gasteiger partial charge >= 0.3 is 0 Å². The molecule has 70 valence electrons. The predicted molar refractivity (Wildman–Crippen MR) is 42.0 cm³/mol. The average molecular weight is 235 g/mol. The second kappa shape index (κ2) is 5.32. The third kappa shape index (κ3) is 3.36. The lowest BCUT2D eigenvalue weighted by Gasteiger charge is -1.97. The van der Waals surface area contributed by atoms with Crippen molar-refractivity contribution in [3.8, 4) is 0 Å². The second-order valence-electron chi connectivity index (χ2n) is 2.79. The summed E-state index contributed by atoms with van der Waals surface area (Å²) in [6.07, 6.45) is 2.42. The Morgan fingerprint density at radius 2 is 2.33 bits per heavy atom. The molecule has 12 heavy (non-hydrogen) atoms. The summed E-state index contributed by atoms with van der Waals surface area (Å²) in [5.41, 5.74) is 1.09. The molecule has 0 aliphatic carbocycles. The van der Waals surface area contributed by atoms with Gasteiger partial charge in [0.1, 0.15) is 0 Å². The van der Waals surface area contributed by atoms with Crippen LogP contribution in [0.3, 0.4) is 0 Å². The molecule has 0 radical (unpaired) electrons. The van der Waals surface area contributed by atoms with Crippen molar-refractivity contribution in [1.82, 2.24) is 5.10 Å². The minimum Gasteiger partial charge on any atom is -1.00 e. The van der Waals surface area contributed by atoms with Crippen molar-refractivity contribution < 1.29 is 26.8 Å². The summed E-state index contributed by atoms with van der Waals surface area (Å²) in [5, 5.41) is 12.2. The van der Waals surface area contributed by atoms with E-state index >= 15 is 0 Å². The highest BCUT2D eigenvalue weighted by molar-refractivity contribution is 4.95. The predicted octanol–water partition coefficient (Wildman–Crippen LogP) is -2.75. The Morgan fingerprint density at radius 3 is 2.75 bits per heavy atom. The van der Waals surface area contributed by atoms with Crippen molar-refractivity contribution in [2.24, 2.45) is 0 Å². The van der Waals surface area contributed by atoms with Gasteiger partial charge in [0, 0.05) is 12.5 Å². The number of nitrogens with zero attached hydrogens (tertiary/aromatic N) is 1. The molecule has 1 atom stereocenters. The fourth-order valence-corrected chi connectivity index (χ4v) is 1.06. The topological polar surface area (TPSA) is 39.9 Å². The number of halogens is 1. The van der Waals surface area contributed by atoms with Gasteiger partial charge in [0.2, 0.25) is 0 Å². The molecule has 1 heterocycles. The van der Waals surface area contributed by atoms with Crippen LogP contribution < -0.4 is 21.7 Å². The van der Waals surface area contributed by atoms with E-state index in [-0.39, 0.29) is 23.1 Å². The Labute approximate surface area is 83.2 Å². The van der Waals surface area contributed by atoms with E-state index in [4.69, 9.17) is 5.11 Å². The van der Waals surface area contributed by atoms with Gasteiger partial charge in [-0.05, 0) is 13.8 Å². The van der Waals surface area contributed by atoms with Crippen molar-refractivity contribution in [1.29, 1.82) is 0 Å². The number of hydrogen-bond acceptors (Lipinski definition) is 1. The molecule has 2 N–H and O–H groups in total. The monoisotopic (exact) mass is 234 g/mol. The molecule has 1 aromatic rings. The Bertz CT molecular complexity index is 223. The van der Waals surface area contributed by atoms with Gasteiger partial charge in [-0.1, -0.05) is 0 Å². The zero-order chi connectivity index (χ0) is 8.27. The number of aliphatic hydroxyl groups excluding tert-OH is 1. The Morgan fingerprint density at radius 1 is 1.67 bits per heavy atom. The molecule has 3 nitrogen and oxygen atoms in total. The largest absolute Gasteiger partial charge is 1.00 e. The lowest BCUT2D eigenvalue weighted by atomic mass is 10.2. The second-order valence-corrected chi connectivity index (χ2v) is 2.79. The van der Waals surface area contributed by atoms with Gasteiger partial charge in [-0.25, -0.2) is 0 Å². The number of hydrogen-bond donors (Lipinski definition) is 2. The number of H-pyrrole nitrogens is 1. The fourth-order valence-electron chi connectivity index (χ4n) is 1.06. The number of aromatic nitrogens is 2. The molecular weight excluding hydrogens is 220 g/mol. The maximum atomic E-state index is 9.06. The van der Waals surface area contributed by atoms with Crippen LogP contribution in [-0.4, -0.2) is 16.3 Å². The molecule has 0 fully saturated rings. The van der Waals surface area contributed by atoms with Crippen molar-refractivity contribution >= 4 is 0 Å². The number of aliphatic hydroxyl groups is 1. The molecule has 1 aromatic heterocycles. The molecule has 4 heteroatoms. The molecule has 0 aliphatic heterocycles. The maximum absolute atomic E-state index is 9.06. The number of rotatable bonds is 3. The average Bonchev–Trinajstić information content (AvgIpc) is 2.34. The van der Waals surface area contributed by atoms with Crippen LogP contribution in [0.25, 0.3) is 0 Å². The van der Waals surface area contributed by atoms with Gasteiger partial charge in [0.25, 0.3) is 0 Å². The van der Waals surface area contributed by atoms with Gasteiger partial charge in [-0.15, -0.1) is 4.68 Å². The fraction of sp³-hybridized carbons (Fsp3) is 0.625. The SMILES string of the molecule is CC[n+]1ccc(CC(C)O)[nH]1.[Br-]. The number of aromatic amines is 1. The highest BCUT2D eigenvalue weighted by Gasteiger charge is 2.04. The first-order valence-electron chi connectivity index (χ1n) is 3.97. The highest BCUT2D eigenvalue weighted by Crippen LogP contribution is 1.95. The molecule has 1 rings (SSSR count). The van der Waals surface area contributed by atoms with Crippen LogP contribution >= 0.6 is 0 Å². The van der Waals surface area contributed by atoms with Crippen LogP contribution in [0, 0.1) is 0 Å². The normalized spacial score (nSPS) is 12.2. The van der Waals surface area contributed by atoms with E-state index in [2.05, 4.69) is 12.0 Å². The van der Waals surface area contributed by atoms with E-state index in [9.17, 15) is 0 Å². The third-order valence-corrected chi connectivity index (χ3v) is 1.60. The molecule has 0 bridgehead atoms. The van der Waals surface area contributed by atoms with E-state index in [0.717, 1.165) is 12.2 Å². The standard InChI is InChI=1S/C8H14N2O.BrH/c1-3-10-5-4-8(9-10)6-7(2)11;/h4-5,7,11H,3,6H2,1-2H3;1H. The first-order valence-corrected chi connectivity index (χ1v) is 3.97. The summed E-state index contributed by atoms with van der Waals surface area (Å²) >= 11 is 0. The molecule has 1 unspecified atom stereocenters. The molecule has 0 aliphatic rings. The van der Waals surface area contributed by atoms with Crippen molar-refractivity contribution in [2.75, 3.05) is 0 Å². The van der Waals surface area contributed by atoms with Gasteiger partial charge in [-0.3, -0.25) is 0 Å². The molecule has 0 saturated heterocycles. The van der Waals surface area contributed by atoms with Crippen molar-refractivity contribution in [3.05, 3.63) is 18.0 Å². The molecule has 0 aromatic carbocycles. The summed E-state index contributed by atoms with van der Waals surface area (Å²) in [6, 6.07) is 2.00. The molecular formula is C8H15BrN2O. The quantitative estimate of drug-likeness (QED) is 0.548. The van der Waals surface area contributed by atoms with Crippen LogP contribution in [0.4, 0.5) is 0 Å². The van der Waals surface area contributed by atoms with Crippen molar-refractivity contribution in [3.63, 3.8) is 0 Å². The summed E-state index contributed by atoms with van der Waals surface area (Å²) in [7, 11) is 0. The van der Waals surface area contributed by atoms with Gasteiger partial charge < -0.3 is 22.1 Å². The lowest BCUT2D eigenvalue weighted by molar-refractivity contribution is -0.747. The summed E-state index contributed by atoms with van der Waals surface area (Å²) in [5.74, 6) is 0. The highest BCUT2D eigenvalue weighted by atomic mass is 79.9. The van der Waals surface area contributed by atoms with Crippen molar-refractivity contribution in [2.45, 2.75) is 32.9 Å². The van der Waals surface area contributed by atoms with Gasteiger partial charge in [-0.2, -0.15) is 5.10 Å². The first-order chi connectivity index (χ1) is 5.22. The first kappa shape index (κ1) is 11.6. The molecule has 0 saturated carbocycles. The minimum absolute atomic E-state index is 0. The zero-order valence-corrected chi connectivity index (χ0v) is 9.00. The minimum atomic E-state index is -0.265. The Balaban J connectivity index is 0.00000121. The van der Waals surface area contributed by atoms with E-state index in [1.54, 1.807) is 6.92 Å². The number of nitrogens with one attached hydrogen (secondary N) is 1. The molecule has 0 amide bonds. The van der Waals surface area contributed by atoms with Crippen LogP contribution in [0.1, 0.15) is 19.5 Å². The van der Waals surface area contributed by atoms with E-state index in [1.165, 1.54) is 0 Å². The van der Waals surface area contributed by atoms with E-state index in [1.807, 2.05) is 16.9 Å². The Hall–Kier alpha value is -0.350. The number of aryl methyl sites for hydroxylation is 1. The van der Waals surface area contributed by atoms with Crippen LogP contribution in [-0.2, 0) is 13.0 Å². The van der Waals surface area contributed by atoms with E-state index in [0.29, 0.717) is 6.42 Å². The van der Waals surface area contributed by atoms with Crippen LogP contribution in [0.2, 0.25) is 0 Å². The van der Waals surface area contributed by atoms with Gasteiger partial charge in [0.15, 0.2) is 12.7 Å². The summed E-state index contributed by atoms with van der Waals surface area (Å²) in [6.45, 7) is 4.81. The van der Waals surface area contributed by atoms with Crippen LogP contribution in [0.15, 0.2) is 12.3 Å². The summed E-state index contributed by atoms with van der Waals surface area (Å²) < 4.78 is 1.98. The van der Waals surface area contributed by atoms with Crippen LogP contribution in [0.5, 0.6) is 0 Å². The van der Waals surface area contributed by atoms with Gasteiger partial charge in [0.05, 0.1) is 11.8 Å². The smallest absolute Gasteiger partial charge is 0.195 e. The zero-order valence-electron chi connectivity index (χ0n) is 7.42. The lowest BCUT2D eigenvalue weighted by Crippen LogP contribution is -3.00. The van der Waals surface area contributed by atoms with E-state index < -0.39 is 0 Å².